The van der Waals surface area contributed by atoms with Crippen LogP contribution in [0.25, 0.3) is 0 Å². The maximum Gasteiger partial charge on any atom is 0.130 e. The van der Waals surface area contributed by atoms with E-state index in [0.717, 1.165) is 37.8 Å². The van der Waals surface area contributed by atoms with Crippen molar-refractivity contribution >= 4 is 5.82 Å². The van der Waals surface area contributed by atoms with E-state index in [0.29, 0.717) is 0 Å². The van der Waals surface area contributed by atoms with Crippen molar-refractivity contribution in [2.75, 3.05) is 25.0 Å². The molecule has 106 valence electrons. The second-order valence-corrected chi connectivity index (χ2v) is 5.56. The Morgan fingerprint density at radius 3 is 2.84 bits per heavy atom. The van der Waals surface area contributed by atoms with Gasteiger partial charge in [0, 0.05) is 31.4 Å². The van der Waals surface area contributed by atoms with Gasteiger partial charge in [-0.1, -0.05) is 26.3 Å². The lowest BCUT2D eigenvalue weighted by molar-refractivity contribution is 0.178. The molecule has 1 fully saturated rings. The predicted octanol–water partition coefficient (Wildman–Crippen LogP) is 3.53. The molecule has 1 aromatic heterocycles. The van der Waals surface area contributed by atoms with Crippen molar-refractivity contribution in [1.82, 2.24) is 9.88 Å². The van der Waals surface area contributed by atoms with Gasteiger partial charge in [0.15, 0.2) is 0 Å². The zero-order valence-electron chi connectivity index (χ0n) is 12.4. The van der Waals surface area contributed by atoms with Crippen LogP contribution < -0.4 is 5.32 Å². The highest BCUT2D eigenvalue weighted by Gasteiger charge is 2.20. The Morgan fingerprint density at radius 1 is 1.37 bits per heavy atom. The molecule has 0 atom stereocenters. The summed E-state index contributed by atoms with van der Waals surface area (Å²) in [5.74, 6) is 2.00. The van der Waals surface area contributed by atoms with E-state index >= 15 is 0 Å². The molecular formula is C16H27N3. The van der Waals surface area contributed by atoms with Gasteiger partial charge in [-0.25, -0.2) is 4.98 Å². The van der Waals surface area contributed by atoms with Crippen LogP contribution in [0.3, 0.4) is 0 Å². The third-order valence-corrected chi connectivity index (χ3v) is 4.02. The van der Waals surface area contributed by atoms with Gasteiger partial charge in [0.2, 0.25) is 0 Å². The highest BCUT2D eigenvalue weighted by Crippen LogP contribution is 2.27. The topological polar surface area (TPSA) is 28.2 Å². The van der Waals surface area contributed by atoms with Gasteiger partial charge in [0.1, 0.15) is 5.82 Å². The fraction of sp³-hybridized carbons (Fsp3) is 0.688. The lowest BCUT2D eigenvalue weighted by Gasteiger charge is -2.32. The van der Waals surface area contributed by atoms with Gasteiger partial charge in [-0.15, -0.1) is 0 Å². The van der Waals surface area contributed by atoms with Crippen LogP contribution in [-0.2, 0) is 6.54 Å². The average molecular weight is 261 g/mol. The summed E-state index contributed by atoms with van der Waals surface area (Å²) in [6.45, 7) is 8.83. The van der Waals surface area contributed by atoms with Crippen LogP contribution in [0, 0.1) is 5.92 Å². The summed E-state index contributed by atoms with van der Waals surface area (Å²) in [6, 6.07) is 4.25. The minimum absolute atomic E-state index is 0.934. The van der Waals surface area contributed by atoms with E-state index in [-0.39, 0.29) is 0 Å². The molecule has 0 unspecified atom stereocenters. The lowest BCUT2D eigenvalue weighted by Crippen LogP contribution is -2.32. The van der Waals surface area contributed by atoms with E-state index < -0.39 is 0 Å². The normalized spacial score (nSPS) is 15.5. The molecule has 3 nitrogen and oxygen atoms in total. The molecule has 0 radical (unpaired) electrons. The number of aromatic nitrogens is 1. The number of hydrogen-bond donors (Lipinski definition) is 1. The maximum absolute atomic E-state index is 4.48. The summed E-state index contributed by atoms with van der Waals surface area (Å²) >= 11 is 0. The molecule has 3 heteroatoms. The Kier molecular flexibility index (Phi) is 5.64. The molecule has 19 heavy (non-hydrogen) atoms. The fourth-order valence-electron chi connectivity index (χ4n) is 2.56. The summed E-state index contributed by atoms with van der Waals surface area (Å²) in [4.78, 5) is 7.03. The Balaban J connectivity index is 1.94. The monoisotopic (exact) mass is 261 g/mol. The van der Waals surface area contributed by atoms with Crippen molar-refractivity contribution in [3.63, 3.8) is 0 Å². The Labute approximate surface area is 117 Å². The van der Waals surface area contributed by atoms with Gasteiger partial charge in [-0.3, -0.25) is 4.90 Å². The zero-order chi connectivity index (χ0) is 13.5. The SMILES string of the molecule is CCCNc1ncccc1CN(CC)CC1CCC1. The van der Waals surface area contributed by atoms with Gasteiger partial charge in [0.05, 0.1) is 0 Å². The fourth-order valence-corrected chi connectivity index (χ4v) is 2.56. The molecule has 1 saturated carbocycles. The first kappa shape index (κ1) is 14.3. The molecule has 1 heterocycles. The summed E-state index contributed by atoms with van der Waals surface area (Å²) in [5, 5.41) is 3.44. The number of rotatable bonds is 8. The van der Waals surface area contributed by atoms with Crippen molar-refractivity contribution in [2.45, 2.75) is 46.1 Å². The molecule has 1 aromatic rings. The molecule has 1 aliphatic rings. The molecule has 1 aliphatic carbocycles. The highest BCUT2D eigenvalue weighted by atomic mass is 15.1. The second-order valence-electron chi connectivity index (χ2n) is 5.56. The first-order chi connectivity index (χ1) is 9.33. The summed E-state index contributed by atoms with van der Waals surface area (Å²) < 4.78 is 0. The average Bonchev–Trinajstić information content (AvgIpc) is 2.40. The third kappa shape index (κ3) is 4.20. The Morgan fingerprint density at radius 2 is 2.21 bits per heavy atom. The van der Waals surface area contributed by atoms with E-state index in [1.54, 1.807) is 0 Å². The zero-order valence-corrected chi connectivity index (χ0v) is 12.4. The maximum atomic E-state index is 4.48. The van der Waals surface area contributed by atoms with Gasteiger partial charge in [0.25, 0.3) is 0 Å². The standard InChI is InChI=1S/C16H27N3/c1-3-10-17-16-15(9-6-11-18-16)13-19(4-2)12-14-7-5-8-14/h6,9,11,14H,3-5,7-8,10,12-13H2,1-2H3,(H,17,18). The van der Waals surface area contributed by atoms with E-state index in [4.69, 9.17) is 0 Å². The molecule has 0 spiro atoms. The lowest BCUT2D eigenvalue weighted by atomic mass is 9.85. The van der Waals surface area contributed by atoms with Crippen LogP contribution in [-0.4, -0.2) is 29.5 Å². The molecular weight excluding hydrogens is 234 g/mol. The molecule has 0 aliphatic heterocycles. The molecule has 0 amide bonds. The van der Waals surface area contributed by atoms with Crippen molar-refractivity contribution < 1.29 is 0 Å². The van der Waals surface area contributed by atoms with E-state index in [2.05, 4.69) is 35.1 Å². The van der Waals surface area contributed by atoms with Crippen LogP contribution >= 0.6 is 0 Å². The number of nitrogens with zero attached hydrogens (tertiary/aromatic N) is 2. The summed E-state index contributed by atoms with van der Waals surface area (Å²) in [6.07, 6.45) is 7.28. The number of nitrogens with one attached hydrogen (secondary N) is 1. The van der Waals surface area contributed by atoms with Crippen LogP contribution in [0.4, 0.5) is 5.82 Å². The molecule has 0 aromatic carbocycles. The minimum Gasteiger partial charge on any atom is -0.370 e. The van der Waals surface area contributed by atoms with Crippen LogP contribution in [0.5, 0.6) is 0 Å². The highest BCUT2D eigenvalue weighted by molar-refractivity contribution is 5.43. The Hall–Kier alpha value is -1.09. The van der Waals surface area contributed by atoms with Crippen molar-refractivity contribution in [3.05, 3.63) is 23.9 Å². The molecule has 0 saturated heterocycles. The largest absolute Gasteiger partial charge is 0.370 e. The smallest absolute Gasteiger partial charge is 0.130 e. The van der Waals surface area contributed by atoms with E-state index in [9.17, 15) is 0 Å². The molecule has 1 N–H and O–H groups in total. The summed E-state index contributed by atoms with van der Waals surface area (Å²) in [5.41, 5.74) is 1.33. The molecule has 0 bridgehead atoms. The van der Waals surface area contributed by atoms with E-state index in [1.807, 2.05) is 12.3 Å². The van der Waals surface area contributed by atoms with Gasteiger partial charge in [-0.2, -0.15) is 0 Å². The van der Waals surface area contributed by atoms with Crippen molar-refractivity contribution in [3.8, 4) is 0 Å². The van der Waals surface area contributed by atoms with Gasteiger partial charge < -0.3 is 5.32 Å². The number of pyridine rings is 1. The second kappa shape index (κ2) is 7.49. The number of hydrogen-bond acceptors (Lipinski definition) is 3. The van der Waals surface area contributed by atoms with Gasteiger partial charge >= 0.3 is 0 Å². The van der Waals surface area contributed by atoms with Crippen LogP contribution in [0.1, 0.15) is 45.1 Å². The minimum atomic E-state index is 0.934. The van der Waals surface area contributed by atoms with Crippen molar-refractivity contribution in [2.24, 2.45) is 5.92 Å². The van der Waals surface area contributed by atoms with E-state index in [1.165, 1.54) is 31.4 Å². The third-order valence-electron chi connectivity index (χ3n) is 4.02. The van der Waals surface area contributed by atoms with Crippen LogP contribution in [0.15, 0.2) is 18.3 Å². The first-order valence-corrected chi connectivity index (χ1v) is 7.73. The quantitative estimate of drug-likeness (QED) is 0.776. The summed E-state index contributed by atoms with van der Waals surface area (Å²) in [7, 11) is 0. The Bertz CT molecular complexity index is 374. The van der Waals surface area contributed by atoms with Gasteiger partial charge in [-0.05, 0) is 37.8 Å². The number of anilines is 1. The molecule has 2 rings (SSSR count). The predicted molar refractivity (Wildman–Crippen MR) is 81.3 cm³/mol. The first-order valence-electron chi connectivity index (χ1n) is 7.73. The van der Waals surface area contributed by atoms with Crippen LogP contribution in [0.2, 0.25) is 0 Å². The van der Waals surface area contributed by atoms with Crippen molar-refractivity contribution in [1.29, 1.82) is 0 Å².